The van der Waals surface area contributed by atoms with Gasteiger partial charge in [0.25, 0.3) is 0 Å². The molecule has 1 aromatic rings. The molecule has 0 saturated heterocycles. The lowest BCUT2D eigenvalue weighted by Gasteiger charge is -2.22. The molecular weight excluding hydrogens is 220 g/mol. The van der Waals surface area contributed by atoms with E-state index in [9.17, 15) is 0 Å². The first-order chi connectivity index (χ1) is 7.79. The Balaban J connectivity index is 1.98. The molecule has 0 amide bonds. The first-order valence-corrected chi connectivity index (χ1v) is 6.55. The van der Waals surface area contributed by atoms with E-state index in [1.807, 2.05) is 12.3 Å². The van der Waals surface area contributed by atoms with Crippen LogP contribution in [0, 0.1) is 5.92 Å². The molecule has 0 aromatic carbocycles. The van der Waals surface area contributed by atoms with Crippen LogP contribution >= 0.6 is 11.6 Å². The molecule has 0 N–H and O–H groups in total. The summed E-state index contributed by atoms with van der Waals surface area (Å²) in [6, 6.07) is 4.06. The van der Waals surface area contributed by atoms with Crippen molar-refractivity contribution >= 4 is 17.4 Å². The lowest BCUT2D eigenvalue weighted by atomic mass is 10.1. The summed E-state index contributed by atoms with van der Waals surface area (Å²) in [5, 5.41) is 0. The minimum atomic E-state index is 0.562. The Morgan fingerprint density at radius 2 is 2.19 bits per heavy atom. The van der Waals surface area contributed by atoms with Crippen LogP contribution in [0.1, 0.15) is 31.2 Å². The Bertz CT molecular complexity index is 334. The van der Waals surface area contributed by atoms with Crippen LogP contribution in [0.4, 0.5) is 5.82 Å². The molecule has 0 radical (unpaired) electrons. The Morgan fingerprint density at radius 1 is 1.44 bits per heavy atom. The van der Waals surface area contributed by atoms with E-state index < -0.39 is 0 Å². The van der Waals surface area contributed by atoms with E-state index in [2.05, 4.69) is 23.0 Å². The normalized spacial score (nSPS) is 16.6. The van der Waals surface area contributed by atoms with Crippen LogP contribution in [0.3, 0.4) is 0 Å². The quantitative estimate of drug-likeness (QED) is 0.747. The number of alkyl halides is 1. The van der Waals surface area contributed by atoms with Crippen molar-refractivity contribution in [3.8, 4) is 0 Å². The van der Waals surface area contributed by atoms with Gasteiger partial charge in [-0.05, 0) is 36.5 Å². The van der Waals surface area contributed by atoms with Gasteiger partial charge in [-0.15, -0.1) is 11.6 Å². The summed E-state index contributed by atoms with van der Waals surface area (Å²) in [4.78, 5) is 6.65. The van der Waals surface area contributed by atoms with Crippen molar-refractivity contribution in [2.75, 3.05) is 18.5 Å². The van der Waals surface area contributed by atoms with Gasteiger partial charge in [0.1, 0.15) is 5.82 Å². The number of halogens is 1. The number of anilines is 1. The summed E-state index contributed by atoms with van der Waals surface area (Å²) in [7, 11) is 2.12. The third-order valence-corrected chi connectivity index (χ3v) is 3.67. The second-order valence-corrected chi connectivity index (χ2v) is 4.95. The van der Waals surface area contributed by atoms with Crippen LogP contribution in [0.5, 0.6) is 0 Å². The summed E-state index contributed by atoms with van der Waals surface area (Å²) in [5.74, 6) is 2.46. The number of aromatic nitrogens is 1. The maximum absolute atomic E-state index is 5.83. The number of pyridine rings is 1. The highest BCUT2D eigenvalue weighted by Gasteiger charge is 2.17. The number of hydrogen-bond acceptors (Lipinski definition) is 2. The van der Waals surface area contributed by atoms with E-state index in [0.29, 0.717) is 5.88 Å². The van der Waals surface area contributed by atoms with E-state index in [1.54, 1.807) is 0 Å². The number of rotatable bonds is 4. The van der Waals surface area contributed by atoms with Gasteiger partial charge in [0.05, 0.1) is 0 Å². The summed E-state index contributed by atoms with van der Waals surface area (Å²) in [6.07, 6.45) is 7.39. The number of nitrogens with zero attached hydrogens (tertiary/aromatic N) is 2. The highest BCUT2D eigenvalue weighted by atomic mass is 35.5. The fraction of sp³-hybridized carbons (Fsp3) is 0.615. The van der Waals surface area contributed by atoms with Gasteiger partial charge < -0.3 is 4.90 Å². The van der Waals surface area contributed by atoms with E-state index >= 15 is 0 Å². The SMILES string of the molecule is CN(CC1CCCC1)c1cc(CCl)ccn1. The zero-order valence-corrected chi connectivity index (χ0v) is 10.6. The average molecular weight is 239 g/mol. The van der Waals surface area contributed by atoms with Gasteiger partial charge in [0.2, 0.25) is 0 Å². The van der Waals surface area contributed by atoms with Gasteiger partial charge in [0.15, 0.2) is 0 Å². The smallest absolute Gasteiger partial charge is 0.128 e. The largest absolute Gasteiger partial charge is 0.359 e. The van der Waals surface area contributed by atoms with Crippen LogP contribution in [-0.2, 0) is 5.88 Å². The van der Waals surface area contributed by atoms with Crippen LogP contribution in [0.25, 0.3) is 0 Å². The summed E-state index contributed by atoms with van der Waals surface area (Å²) < 4.78 is 0. The summed E-state index contributed by atoms with van der Waals surface area (Å²) >= 11 is 5.83. The fourth-order valence-electron chi connectivity index (χ4n) is 2.43. The van der Waals surface area contributed by atoms with E-state index in [4.69, 9.17) is 11.6 Å². The van der Waals surface area contributed by atoms with Crippen molar-refractivity contribution in [3.05, 3.63) is 23.9 Å². The zero-order valence-electron chi connectivity index (χ0n) is 9.82. The molecule has 1 aromatic heterocycles. The summed E-state index contributed by atoms with van der Waals surface area (Å²) in [6.45, 7) is 1.12. The highest BCUT2D eigenvalue weighted by molar-refractivity contribution is 6.17. The molecule has 3 heteroatoms. The van der Waals surface area contributed by atoms with E-state index in [1.165, 1.54) is 25.7 Å². The molecule has 1 heterocycles. The Morgan fingerprint density at radius 3 is 2.88 bits per heavy atom. The fourth-order valence-corrected chi connectivity index (χ4v) is 2.59. The highest BCUT2D eigenvalue weighted by Crippen LogP contribution is 2.26. The Kier molecular flexibility index (Phi) is 4.05. The van der Waals surface area contributed by atoms with Gasteiger partial charge >= 0.3 is 0 Å². The number of hydrogen-bond donors (Lipinski definition) is 0. The third kappa shape index (κ3) is 2.88. The van der Waals surface area contributed by atoms with Gasteiger partial charge in [-0.3, -0.25) is 0 Å². The molecule has 1 saturated carbocycles. The van der Waals surface area contributed by atoms with Crippen LogP contribution in [-0.4, -0.2) is 18.6 Å². The Hall–Kier alpha value is -0.760. The van der Waals surface area contributed by atoms with Gasteiger partial charge in [-0.1, -0.05) is 12.8 Å². The van der Waals surface area contributed by atoms with Gasteiger partial charge in [0, 0.05) is 25.7 Å². The average Bonchev–Trinajstić information content (AvgIpc) is 2.82. The van der Waals surface area contributed by atoms with Crippen molar-refractivity contribution in [2.45, 2.75) is 31.6 Å². The predicted molar refractivity (Wildman–Crippen MR) is 69.0 cm³/mol. The van der Waals surface area contributed by atoms with Gasteiger partial charge in [-0.25, -0.2) is 4.98 Å². The van der Waals surface area contributed by atoms with Crippen molar-refractivity contribution < 1.29 is 0 Å². The molecule has 0 aliphatic heterocycles. The van der Waals surface area contributed by atoms with Crippen molar-refractivity contribution in [3.63, 3.8) is 0 Å². The minimum Gasteiger partial charge on any atom is -0.359 e. The molecule has 2 rings (SSSR count). The maximum atomic E-state index is 5.83. The second-order valence-electron chi connectivity index (χ2n) is 4.69. The molecular formula is C13H19ClN2. The third-order valence-electron chi connectivity index (χ3n) is 3.36. The van der Waals surface area contributed by atoms with Crippen LogP contribution in [0.15, 0.2) is 18.3 Å². The maximum Gasteiger partial charge on any atom is 0.128 e. The standard InChI is InChI=1S/C13H19ClN2/c1-16(10-11-4-2-3-5-11)13-8-12(9-14)6-7-15-13/h6-8,11H,2-5,9-10H2,1H3. The summed E-state index contributed by atoms with van der Waals surface area (Å²) in [5.41, 5.74) is 1.14. The Labute approximate surface area is 103 Å². The monoisotopic (exact) mass is 238 g/mol. The topological polar surface area (TPSA) is 16.1 Å². The molecule has 16 heavy (non-hydrogen) atoms. The van der Waals surface area contributed by atoms with Crippen LogP contribution < -0.4 is 4.90 Å². The lowest BCUT2D eigenvalue weighted by molar-refractivity contribution is 0.545. The first-order valence-electron chi connectivity index (χ1n) is 6.01. The molecule has 1 aliphatic carbocycles. The lowest BCUT2D eigenvalue weighted by Crippen LogP contribution is -2.24. The van der Waals surface area contributed by atoms with Crippen molar-refractivity contribution in [1.82, 2.24) is 4.98 Å². The predicted octanol–water partition coefficient (Wildman–Crippen LogP) is 3.45. The van der Waals surface area contributed by atoms with Crippen LogP contribution in [0.2, 0.25) is 0 Å². The molecule has 2 nitrogen and oxygen atoms in total. The van der Waals surface area contributed by atoms with E-state index in [0.717, 1.165) is 23.8 Å². The minimum absolute atomic E-state index is 0.562. The molecule has 88 valence electrons. The molecule has 0 unspecified atom stereocenters. The van der Waals surface area contributed by atoms with E-state index in [-0.39, 0.29) is 0 Å². The second kappa shape index (κ2) is 5.53. The molecule has 1 fully saturated rings. The molecule has 0 spiro atoms. The van der Waals surface area contributed by atoms with Crippen molar-refractivity contribution in [1.29, 1.82) is 0 Å². The first kappa shape index (κ1) is 11.7. The molecule has 1 aliphatic rings. The van der Waals surface area contributed by atoms with Crippen molar-refractivity contribution in [2.24, 2.45) is 5.92 Å². The zero-order chi connectivity index (χ0) is 11.4. The molecule has 0 atom stereocenters. The van der Waals surface area contributed by atoms with Gasteiger partial charge in [-0.2, -0.15) is 0 Å². The molecule has 0 bridgehead atoms.